The number of carbonyl (C=O) groups excluding carboxylic acids is 1. The number of hydrogen-bond acceptors (Lipinski definition) is 3. The molecule has 0 saturated heterocycles. The fourth-order valence-corrected chi connectivity index (χ4v) is 1.91. The quantitative estimate of drug-likeness (QED) is 0.723. The van der Waals surface area contributed by atoms with Crippen LogP contribution in [-0.2, 0) is 24.4 Å². The summed E-state index contributed by atoms with van der Waals surface area (Å²) in [6, 6.07) is 14.8. The minimum absolute atomic E-state index is 0.0298. The van der Waals surface area contributed by atoms with Crippen LogP contribution in [0.4, 0.5) is 5.69 Å². The van der Waals surface area contributed by atoms with E-state index in [0.29, 0.717) is 18.7 Å². The summed E-state index contributed by atoms with van der Waals surface area (Å²) in [6.07, 6.45) is 0.319. The fraction of sp³-hybridized carbons (Fsp3) is 0.188. The molecule has 2 aromatic carbocycles. The van der Waals surface area contributed by atoms with Gasteiger partial charge in [-0.3, -0.25) is 4.79 Å². The third-order valence-electron chi connectivity index (χ3n) is 3.01. The minimum atomic E-state index is -0.0400. The van der Waals surface area contributed by atoms with E-state index < -0.39 is 0 Å². The zero-order chi connectivity index (χ0) is 14.4. The van der Waals surface area contributed by atoms with Gasteiger partial charge in [-0.2, -0.15) is 0 Å². The lowest BCUT2D eigenvalue weighted by Crippen LogP contribution is -2.24. The Bertz CT molecular complexity index is 579. The van der Waals surface area contributed by atoms with Crippen molar-refractivity contribution in [2.75, 3.05) is 5.73 Å². The minimum Gasteiger partial charge on any atom is -0.399 e. The monoisotopic (exact) mass is 270 g/mol. The van der Waals surface area contributed by atoms with Crippen LogP contribution >= 0.6 is 0 Å². The van der Waals surface area contributed by atoms with Crippen LogP contribution < -0.4 is 11.1 Å². The predicted octanol–water partition coefficient (Wildman–Crippen LogP) is 1.62. The van der Waals surface area contributed by atoms with Crippen LogP contribution in [0, 0.1) is 0 Å². The van der Waals surface area contributed by atoms with Crippen LogP contribution in [0.25, 0.3) is 0 Å². The van der Waals surface area contributed by atoms with Crippen molar-refractivity contribution in [1.82, 2.24) is 5.32 Å². The van der Waals surface area contributed by atoms with Crippen molar-refractivity contribution in [3.63, 3.8) is 0 Å². The van der Waals surface area contributed by atoms with Crippen molar-refractivity contribution in [2.24, 2.45) is 0 Å². The summed E-state index contributed by atoms with van der Waals surface area (Å²) < 4.78 is 0. The first kappa shape index (κ1) is 14.1. The van der Waals surface area contributed by atoms with Crippen LogP contribution in [0.15, 0.2) is 48.5 Å². The Labute approximate surface area is 118 Å². The molecule has 0 spiro atoms. The van der Waals surface area contributed by atoms with Gasteiger partial charge >= 0.3 is 0 Å². The molecule has 4 N–H and O–H groups in total. The van der Waals surface area contributed by atoms with Gasteiger partial charge in [-0.25, -0.2) is 0 Å². The molecule has 0 unspecified atom stereocenters. The molecule has 0 aromatic heterocycles. The Morgan fingerprint density at radius 3 is 2.40 bits per heavy atom. The number of nitrogen functional groups attached to an aromatic ring is 1. The lowest BCUT2D eigenvalue weighted by Gasteiger charge is -2.06. The van der Waals surface area contributed by atoms with E-state index in [0.717, 1.165) is 16.7 Å². The van der Waals surface area contributed by atoms with Crippen molar-refractivity contribution in [3.8, 4) is 0 Å². The van der Waals surface area contributed by atoms with Crippen LogP contribution in [-0.4, -0.2) is 11.0 Å². The number of hydrogen-bond donors (Lipinski definition) is 3. The highest BCUT2D eigenvalue weighted by atomic mass is 16.3. The SMILES string of the molecule is Nc1cccc(CC(=O)NCc2ccc(CO)cc2)c1. The molecule has 20 heavy (non-hydrogen) atoms. The number of rotatable bonds is 5. The van der Waals surface area contributed by atoms with Gasteiger partial charge < -0.3 is 16.2 Å². The van der Waals surface area contributed by atoms with Gasteiger partial charge in [0.1, 0.15) is 0 Å². The van der Waals surface area contributed by atoms with Crippen molar-refractivity contribution >= 4 is 11.6 Å². The lowest BCUT2D eigenvalue weighted by molar-refractivity contribution is -0.120. The summed E-state index contributed by atoms with van der Waals surface area (Å²) in [5.74, 6) is -0.0400. The summed E-state index contributed by atoms with van der Waals surface area (Å²) in [5.41, 5.74) is 9.10. The third kappa shape index (κ3) is 4.10. The highest BCUT2D eigenvalue weighted by molar-refractivity contribution is 5.78. The van der Waals surface area contributed by atoms with Gasteiger partial charge in [0.25, 0.3) is 0 Å². The van der Waals surface area contributed by atoms with E-state index in [4.69, 9.17) is 10.8 Å². The van der Waals surface area contributed by atoms with Crippen LogP contribution in [0.1, 0.15) is 16.7 Å². The maximum absolute atomic E-state index is 11.8. The van der Waals surface area contributed by atoms with Gasteiger partial charge in [0.05, 0.1) is 13.0 Å². The second-order valence-corrected chi connectivity index (χ2v) is 4.67. The highest BCUT2D eigenvalue weighted by Crippen LogP contribution is 2.08. The number of aliphatic hydroxyl groups excluding tert-OH is 1. The molecule has 0 atom stereocenters. The normalized spacial score (nSPS) is 10.2. The molecule has 0 bridgehead atoms. The van der Waals surface area contributed by atoms with Crippen molar-refractivity contribution in [3.05, 3.63) is 65.2 Å². The number of nitrogens with one attached hydrogen (secondary N) is 1. The average molecular weight is 270 g/mol. The second-order valence-electron chi connectivity index (χ2n) is 4.67. The molecular weight excluding hydrogens is 252 g/mol. The van der Waals surface area contributed by atoms with Crippen molar-refractivity contribution in [2.45, 2.75) is 19.6 Å². The molecule has 0 aliphatic rings. The van der Waals surface area contributed by atoms with E-state index in [1.807, 2.05) is 36.4 Å². The largest absolute Gasteiger partial charge is 0.399 e. The molecule has 0 fully saturated rings. The molecule has 4 heteroatoms. The predicted molar refractivity (Wildman–Crippen MR) is 78.8 cm³/mol. The topological polar surface area (TPSA) is 75.4 Å². The molecule has 0 heterocycles. The smallest absolute Gasteiger partial charge is 0.224 e. The van der Waals surface area contributed by atoms with Crippen molar-refractivity contribution < 1.29 is 9.90 Å². The molecule has 0 saturated carbocycles. The fourth-order valence-electron chi connectivity index (χ4n) is 1.91. The highest BCUT2D eigenvalue weighted by Gasteiger charge is 2.03. The number of benzene rings is 2. The van der Waals surface area contributed by atoms with Gasteiger partial charge in [0.2, 0.25) is 5.91 Å². The summed E-state index contributed by atoms with van der Waals surface area (Å²) >= 11 is 0. The molecule has 1 amide bonds. The van der Waals surface area contributed by atoms with E-state index in [1.54, 1.807) is 12.1 Å². The molecular formula is C16H18N2O2. The maximum atomic E-state index is 11.8. The average Bonchev–Trinajstić information content (AvgIpc) is 2.46. The second kappa shape index (κ2) is 6.73. The van der Waals surface area contributed by atoms with E-state index in [9.17, 15) is 4.79 Å². The first-order valence-corrected chi connectivity index (χ1v) is 6.47. The van der Waals surface area contributed by atoms with Crippen molar-refractivity contribution in [1.29, 1.82) is 0 Å². The maximum Gasteiger partial charge on any atom is 0.224 e. The van der Waals surface area contributed by atoms with Gasteiger partial charge in [0, 0.05) is 12.2 Å². The van der Waals surface area contributed by atoms with E-state index in [-0.39, 0.29) is 12.5 Å². The Kier molecular flexibility index (Phi) is 4.74. The lowest BCUT2D eigenvalue weighted by atomic mass is 10.1. The summed E-state index contributed by atoms with van der Waals surface area (Å²) in [4.78, 5) is 11.8. The number of amides is 1. The Morgan fingerprint density at radius 1 is 1.05 bits per heavy atom. The molecule has 0 aliphatic heterocycles. The molecule has 0 aliphatic carbocycles. The Balaban J connectivity index is 1.85. The Hall–Kier alpha value is -2.33. The standard InChI is InChI=1S/C16H18N2O2/c17-15-3-1-2-14(8-15)9-16(20)18-10-12-4-6-13(11-19)7-5-12/h1-8,19H,9-11,17H2,(H,18,20). The first-order chi connectivity index (χ1) is 9.67. The summed E-state index contributed by atoms with van der Waals surface area (Å²) in [5, 5.41) is 11.8. The zero-order valence-electron chi connectivity index (χ0n) is 11.2. The van der Waals surface area contributed by atoms with E-state index >= 15 is 0 Å². The molecule has 4 nitrogen and oxygen atoms in total. The Morgan fingerprint density at radius 2 is 1.75 bits per heavy atom. The van der Waals surface area contributed by atoms with Crippen LogP contribution in [0.5, 0.6) is 0 Å². The number of carbonyl (C=O) groups is 1. The van der Waals surface area contributed by atoms with E-state index in [1.165, 1.54) is 0 Å². The van der Waals surface area contributed by atoms with Gasteiger partial charge in [0.15, 0.2) is 0 Å². The third-order valence-corrected chi connectivity index (χ3v) is 3.01. The summed E-state index contributed by atoms with van der Waals surface area (Å²) in [7, 11) is 0. The molecule has 0 radical (unpaired) electrons. The summed E-state index contributed by atoms with van der Waals surface area (Å²) in [6.45, 7) is 0.509. The van der Waals surface area contributed by atoms with Crippen LogP contribution in [0.2, 0.25) is 0 Å². The number of anilines is 1. The molecule has 2 rings (SSSR count). The molecule has 2 aromatic rings. The first-order valence-electron chi connectivity index (χ1n) is 6.47. The van der Waals surface area contributed by atoms with Gasteiger partial charge in [-0.15, -0.1) is 0 Å². The van der Waals surface area contributed by atoms with Gasteiger partial charge in [-0.05, 0) is 28.8 Å². The molecule has 104 valence electrons. The van der Waals surface area contributed by atoms with E-state index in [2.05, 4.69) is 5.32 Å². The zero-order valence-corrected chi connectivity index (χ0v) is 11.2. The van der Waals surface area contributed by atoms with Gasteiger partial charge in [-0.1, -0.05) is 36.4 Å². The van der Waals surface area contributed by atoms with Crippen LogP contribution in [0.3, 0.4) is 0 Å². The number of aliphatic hydroxyl groups is 1. The number of nitrogens with two attached hydrogens (primary N) is 1.